The second kappa shape index (κ2) is 20.0. The fourth-order valence-corrected chi connectivity index (χ4v) is 7.89. The van der Waals surface area contributed by atoms with E-state index in [1.54, 1.807) is 48.8 Å². The van der Waals surface area contributed by atoms with E-state index in [0.717, 1.165) is 29.4 Å². The molecule has 14 nitrogen and oxygen atoms in total. The summed E-state index contributed by atoms with van der Waals surface area (Å²) in [5.41, 5.74) is 2.85. The molecule has 2 aromatic rings. The Balaban J connectivity index is 0.00000468. The van der Waals surface area contributed by atoms with Crippen LogP contribution in [0.1, 0.15) is 45.7 Å². The van der Waals surface area contributed by atoms with E-state index in [9.17, 15) is 44.2 Å². The van der Waals surface area contributed by atoms with Crippen LogP contribution < -0.4 is 98.8 Å². The van der Waals surface area contributed by atoms with Crippen molar-refractivity contribution in [2.75, 3.05) is 29.5 Å². The molecule has 0 aromatic heterocycles. The standard InChI is InChI=1S/C32H38N2O12S4.3Na/c1-22(8-6-10-29-31(2,3)25-20-23(49(39,40)41)12-14-27(25)33(29)16-18-47-46-45-35)9-7-11-30-32(4,5)26-21-24(50(42,43)44)13-15-28(26)34(30)17-19-48(36,37)38;;;/h6-15,20-21H,16-19H2,1-5H3,(H3-,35,36,37,38,39,40,41,42,43,44);;;/q;3*+1/p-3. The summed E-state index contributed by atoms with van der Waals surface area (Å²) in [5.74, 6) is -0.383. The van der Waals surface area contributed by atoms with Crippen LogP contribution in [0.4, 0.5) is 11.4 Å². The van der Waals surface area contributed by atoms with Gasteiger partial charge >= 0.3 is 88.7 Å². The van der Waals surface area contributed by atoms with Gasteiger partial charge in [0.05, 0.1) is 21.0 Å². The number of benzene rings is 2. The zero-order valence-corrected chi connectivity index (χ0v) is 39.9. The Morgan fingerprint density at radius 1 is 0.868 bits per heavy atom. The first kappa shape index (κ1) is 50.8. The number of nitrogens with zero attached hydrogens (tertiary/aromatic N) is 2. The molecule has 272 valence electrons. The van der Waals surface area contributed by atoms with E-state index < -0.39 is 51.8 Å². The van der Waals surface area contributed by atoms with E-state index in [2.05, 4.69) is 9.37 Å². The van der Waals surface area contributed by atoms with Gasteiger partial charge in [-0.1, -0.05) is 43.7 Å². The van der Waals surface area contributed by atoms with Crippen LogP contribution in [0.2, 0.25) is 0 Å². The topological polar surface area (TPSA) is 219 Å². The van der Waals surface area contributed by atoms with Gasteiger partial charge in [-0.15, -0.1) is 0 Å². The maximum Gasteiger partial charge on any atom is 1.00 e. The Hall–Kier alpha value is -0.170. The minimum Gasteiger partial charge on any atom is -0.748 e. The summed E-state index contributed by atoms with van der Waals surface area (Å²) in [6, 6.07) is 8.02. The number of hydrogen-bond donors (Lipinski definition) is 0. The first-order valence-corrected chi connectivity index (χ1v) is 20.3. The fraction of sp³-hybridized carbons (Fsp3) is 0.344. The zero-order chi connectivity index (χ0) is 37.3. The molecule has 2 aromatic carbocycles. The molecule has 0 bridgehead atoms. The van der Waals surface area contributed by atoms with Crippen LogP contribution in [0.25, 0.3) is 0 Å². The van der Waals surface area contributed by atoms with Gasteiger partial charge < -0.3 is 23.8 Å². The second-order valence-electron chi connectivity index (χ2n) is 12.6. The van der Waals surface area contributed by atoms with Crippen LogP contribution in [0, 0.1) is 0 Å². The van der Waals surface area contributed by atoms with Gasteiger partial charge in [-0.25, -0.2) is 25.3 Å². The molecule has 0 amide bonds. The van der Waals surface area contributed by atoms with Gasteiger partial charge in [0.15, 0.2) is 12.3 Å². The molecule has 0 saturated heterocycles. The van der Waals surface area contributed by atoms with Crippen molar-refractivity contribution in [3.8, 4) is 0 Å². The van der Waals surface area contributed by atoms with Crippen LogP contribution in [-0.4, -0.2) is 73.8 Å². The van der Waals surface area contributed by atoms with E-state index in [4.69, 9.17) is 0 Å². The molecule has 2 aliphatic heterocycles. The summed E-state index contributed by atoms with van der Waals surface area (Å²) in [6.07, 6.45) is 10.7. The SMILES string of the molecule is CC(C=CC=C1N(CCSOO[O-])c2ccc(S(=O)(=O)[O-])cc2C1(C)C)=CC=CC1=[N+](CCS(=O)(=O)[O-])c2ccc(S(=O)(=O)[O-])cc2C1(C)C.[Na+].[Na+].[Na+]. The third kappa shape index (κ3) is 12.4. The summed E-state index contributed by atoms with van der Waals surface area (Å²) in [4.78, 5) is 1.16. The Morgan fingerprint density at radius 2 is 1.45 bits per heavy atom. The van der Waals surface area contributed by atoms with Crippen molar-refractivity contribution >= 4 is 59.5 Å². The molecule has 4 rings (SSSR count). The van der Waals surface area contributed by atoms with E-state index in [1.165, 1.54) is 24.3 Å². The van der Waals surface area contributed by atoms with Gasteiger partial charge in [-0.2, -0.15) is 8.91 Å². The summed E-state index contributed by atoms with van der Waals surface area (Å²) in [5, 5.41) is 13.7. The Kier molecular flexibility index (Phi) is 19.2. The molecular formula is C32H35N2Na3O12S4. The van der Waals surface area contributed by atoms with Gasteiger partial charge in [0.2, 0.25) is 5.69 Å². The zero-order valence-electron chi connectivity index (χ0n) is 30.7. The van der Waals surface area contributed by atoms with Crippen molar-refractivity contribution < 1.29 is 147 Å². The molecule has 0 N–H and O–H groups in total. The quantitative estimate of drug-likeness (QED) is 0.0253. The van der Waals surface area contributed by atoms with Crippen molar-refractivity contribution in [2.24, 2.45) is 0 Å². The van der Waals surface area contributed by atoms with Gasteiger partial charge in [-0.3, -0.25) is 5.04 Å². The second-order valence-corrected chi connectivity index (χ2v) is 17.7. The minimum absolute atomic E-state index is 0. The van der Waals surface area contributed by atoms with Crippen LogP contribution in [0.3, 0.4) is 0 Å². The van der Waals surface area contributed by atoms with Crippen LogP contribution in [-0.2, 0) is 50.6 Å². The number of hydrogen-bond acceptors (Lipinski definition) is 14. The third-order valence-corrected chi connectivity index (χ3v) is 11.4. The molecule has 53 heavy (non-hydrogen) atoms. The number of fused-ring (bicyclic) bond motifs is 2. The smallest absolute Gasteiger partial charge is 0.748 e. The predicted octanol–water partition coefficient (Wildman–Crippen LogP) is -5.96. The Bertz CT molecular complexity index is 2170. The summed E-state index contributed by atoms with van der Waals surface area (Å²) in [7, 11) is -14.0. The van der Waals surface area contributed by atoms with Crippen molar-refractivity contribution in [3.05, 3.63) is 95.3 Å². The van der Waals surface area contributed by atoms with Gasteiger partial charge in [0, 0.05) is 58.8 Å². The molecule has 2 heterocycles. The molecule has 21 heteroatoms. The predicted molar refractivity (Wildman–Crippen MR) is 181 cm³/mol. The molecular weight excluding hydrogens is 802 g/mol. The average molecular weight is 837 g/mol. The molecule has 0 radical (unpaired) electrons. The van der Waals surface area contributed by atoms with E-state index >= 15 is 0 Å². The number of anilines is 1. The maximum atomic E-state index is 11.8. The monoisotopic (exact) mass is 836 g/mol. The normalized spacial score (nSPS) is 17.5. The van der Waals surface area contributed by atoms with Crippen LogP contribution in [0.15, 0.2) is 93.9 Å². The van der Waals surface area contributed by atoms with Gasteiger partial charge in [-0.05, 0) is 62.7 Å². The largest absolute Gasteiger partial charge is 1.00 e. The van der Waals surface area contributed by atoms with Crippen molar-refractivity contribution in [3.63, 3.8) is 0 Å². The van der Waals surface area contributed by atoms with Crippen LogP contribution in [0.5, 0.6) is 0 Å². The van der Waals surface area contributed by atoms with E-state index in [0.29, 0.717) is 40.5 Å². The number of allylic oxidation sites excluding steroid dienone is 8. The molecule has 0 spiro atoms. The first-order chi connectivity index (χ1) is 23.1. The van der Waals surface area contributed by atoms with Crippen LogP contribution >= 0.6 is 12.0 Å². The van der Waals surface area contributed by atoms with Gasteiger partial charge in [0.25, 0.3) is 0 Å². The van der Waals surface area contributed by atoms with Crippen molar-refractivity contribution in [2.45, 2.75) is 55.2 Å². The summed E-state index contributed by atoms with van der Waals surface area (Å²) in [6.45, 7) is 9.37. The van der Waals surface area contributed by atoms with Crippen molar-refractivity contribution in [1.29, 1.82) is 0 Å². The first-order valence-electron chi connectivity index (χ1n) is 15.0. The molecule has 0 saturated carbocycles. The maximum absolute atomic E-state index is 11.8. The van der Waals surface area contributed by atoms with Crippen molar-refractivity contribution in [1.82, 2.24) is 0 Å². The molecule has 0 atom stereocenters. The molecule has 0 unspecified atom stereocenters. The molecule has 0 aliphatic carbocycles. The fourth-order valence-electron chi connectivity index (χ4n) is 6.12. The Labute approximate surface area is 381 Å². The molecule has 0 fully saturated rings. The number of rotatable bonds is 14. The summed E-state index contributed by atoms with van der Waals surface area (Å²) >= 11 is 0.799. The third-order valence-electron chi connectivity index (χ3n) is 8.57. The van der Waals surface area contributed by atoms with E-state index in [-0.39, 0.29) is 100 Å². The Morgan fingerprint density at radius 3 is 2.02 bits per heavy atom. The van der Waals surface area contributed by atoms with E-state index in [1.807, 2.05) is 37.8 Å². The van der Waals surface area contributed by atoms with Gasteiger partial charge in [0.1, 0.15) is 30.4 Å². The average Bonchev–Trinajstić information content (AvgIpc) is 3.35. The minimum atomic E-state index is -4.76. The molecule has 2 aliphatic rings. The summed E-state index contributed by atoms with van der Waals surface area (Å²) < 4.78 is 111.